The minimum atomic E-state index is 0.803. The highest BCUT2D eigenvalue weighted by Crippen LogP contribution is 2.33. The zero-order valence-electron chi connectivity index (χ0n) is 14.5. The molecule has 0 N–H and O–H groups in total. The maximum Gasteiger partial charge on any atom is 0.225 e. The van der Waals surface area contributed by atoms with E-state index in [1.54, 1.807) is 12.5 Å². The van der Waals surface area contributed by atoms with Gasteiger partial charge < -0.3 is 9.32 Å². The van der Waals surface area contributed by atoms with Crippen LogP contribution in [-0.2, 0) is 0 Å². The second-order valence-corrected chi connectivity index (χ2v) is 6.44. The quantitative estimate of drug-likeness (QED) is 0.706. The molecule has 1 aliphatic heterocycles. The van der Waals surface area contributed by atoms with Crippen molar-refractivity contribution in [2.75, 3.05) is 18.0 Å². The summed E-state index contributed by atoms with van der Waals surface area (Å²) in [4.78, 5) is 16.4. The number of anilines is 1. The number of aryl methyl sites for hydroxylation is 1. The highest BCUT2D eigenvalue weighted by Gasteiger charge is 2.19. The van der Waals surface area contributed by atoms with E-state index in [1.807, 2.05) is 37.4 Å². The Labute approximate surface area is 147 Å². The lowest BCUT2D eigenvalue weighted by Gasteiger charge is -2.21. The first-order valence-electron chi connectivity index (χ1n) is 8.91. The molecule has 0 radical (unpaired) electrons. The van der Waals surface area contributed by atoms with Crippen LogP contribution in [0.15, 0.2) is 47.3 Å². The highest BCUT2D eigenvalue weighted by molar-refractivity contribution is 5.79. The number of nitrogens with zero attached hydrogens (tertiary/aromatic N) is 4. The molecule has 25 heavy (non-hydrogen) atoms. The molecule has 5 heteroatoms. The van der Waals surface area contributed by atoms with Crippen LogP contribution in [-0.4, -0.2) is 28.0 Å². The van der Waals surface area contributed by atoms with E-state index in [1.165, 1.54) is 25.7 Å². The van der Waals surface area contributed by atoms with Gasteiger partial charge in [-0.05, 0) is 38.0 Å². The Kier molecular flexibility index (Phi) is 4.46. The zero-order valence-corrected chi connectivity index (χ0v) is 14.5. The lowest BCUT2D eigenvalue weighted by atomic mass is 10.1. The molecule has 1 fully saturated rings. The van der Waals surface area contributed by atoms with Gasteiger partial charge in [-0.3, -0.25) is 4.98 Å². The molecule has 3 aromatic rings. The Morgan fingerprint density at radius 1 is 0.960 bits per heavy atom. The molecule has 5 nitrogen and oxygen atoms in total. The van der Waals surface area contributed by atoms with Crippen LogP contribution in [0.1, 0.15) is 31.4 Å². The number of pyridine rings is 1. The molecule has 4 heterocycles. The van der Waals surface area contributed by atoms with Crippen LogP contribution in [0.5, 0.6) is 0 Å². The van der Waals surface area contributed by atoms with Gasteiger partial charge in [0, 0.05) is 36.6 Å². The van der Waals surface area contributed by atoms with Crippen LogP contribution in [0.2, 0.25) is 0 Å². The monoisotopic (exact) mass is 334 g/mol. The fourth-order valence-electron chi connectivity index (χ4n) is 3.34. The van der Waals surface area contributed by atoms with Crippen molar-refractivity contribution in [1.29, 1.82) is 0 Å². The molecule has 0 aliphatic carbocycles. The Morgan fingerprint density at radius 3 is 2.48 bits per heavy atom. The predicted octanol–water partition coefficient (Wildman–Crippen LogP) is 4.49. The van der Waals surface area contributed by atoms with E-state index in [0.29, 0.717) is 0 Å². The third-order valence-electron chi connectivity index (χ3n) is 4.72. The number of hydrogen-bond acceptors (Lipinski definition) is 5. The van der Waals surface area contributed by atoms with Gasteiger partial charge in [-0.1, -0.05) is 18.9 Å². The molecule has 1 aliphatic rings. The highest BCUT2D eigenvalue weighted by atomic mass is 16.3. The van der Waals surface area contributed by atoms with E-state index >= 15 is 0 Å². The Balaban J connectivity index is 1.81. The third-order valence-corrected chi connectivity index (χ3v) is 4.72. The molecule has 0 atom stereocenters. The van der Waals surface area contributed by atoms with Gasteiger partial charge in [0.15, 0.2) is 0 Å². The average molecular weight is 334 g/mol. The fourth-order valence-corrected chi connectivity index (χ4v) is 3.34. The van der Waals surface area contributed by atoms with Gasteiger partial charge in [-0.2, -0.15) is 0 Å². The van der Waals surface area contributed by atoms with E-state index in [-0.39, 0.29) is 0 Å². The largest absolute Gasteiger partial charge is 0.469 e. The van der Waals surface area contributed by atoms with Gasteiger partial charge in [0.1, 0.15) is 5.76 Å². The number of aromatic nitrogens is 3. The lowest BCUT2D eigenvalue weighted by molar-refractivity contribution is 0.535. The normalized spacial score (nSPS) is 15.2. The molecule has 0 amide bonds. The van der Waals surface area contributed by atoms with Crippen molar-refractivity contribution in [2.24, 2.45) is 0 Å². The summed E-state index contributed by atoms with van der Waals surface area (Å²) in [6.07, 6.45) is 10.4. The number of hydrogen-bond donors (Lipinski definition) is 0. The Hall–Kier alpha value is -2.69. The molecular formula is C20H22N4O. The molecule has 4 rings (SSSR count). The zero-order chi connectivity index (χ0) is 17.1. The summed E-state index contributed by atoms with van der Waals surface area (Å²) >= 11 is 0. The summed E-state index contributed by atoms with van der Waals surface area (Å²) < 4.78 is 5.52. The van der Waals surface area contributed by atoms with Crippen molar-refractivity contribution in [1.82, 2.24) is 15.0 Å². The molecule has 0 unspecified atom stereocenters. The molecule has 0 aromatic carbocycles. The maximum absolute atomic E-state index is 5.52. The van der Waals surface area contributed by atoms with Gasteiger partial charge in [0.2, 0.25) is 5.95 Å². The van der Waals surface area contributed by atoms with Crippen LogP contribution < -0.4 is 4.90 Å². The van der Waals surface area contributed by atoms with Gasteiger partial charge in [0.25, 0.3) is 0 Å². The lowest BCUT2D eigenvalue weighted by Crippen LogP contribution is -2.26. The second-order valence-electron chi connectivity index (χ2n) is 6.44. The van der Waals surface area contributed by atoms with Crippen LogP contribution in [0, 0.1) is 6.92 Å². The molecule has 0 spiro atoms. The third kappa shape index (κ3) is 3.27. The molecular weight excluding hydrogens is 312 g/mol. The minimum Gasteiger partial charge on any atom is -0.469 e. The molecule has 1 saturated heterocycles. The fraction of sp³-hybridized carbons (Fsp3) is 0.350. The van der Waals surface area contributed by atoms with Gasteiger partial charge in [-0.25, -0.2) is 9.97 Å². The smallest absolute Gasteiger partial charge is 0.225 e. The van der Waals surface area contributed by atoms with Crippen molar-refractivity contribution >= 4 is 5.95 Å². The van der Waals surface area contributed by atoms with Gasteiger partial charge in [-0.15, -0.1) is 0 Å². The molecule has 0 bridgehead atoms. The van der Waals surface area contributed by atoms with Crippen molar-refractivity contribution in [3.05, 3.63) is 48.7 Å². The van der Waals surface area contributed by atoms with Crippen LogP contribution >= 0.6 is 0 Å². The maximum atomic E-state index is 5.52. The van der Waals surface area contributed by atoms with Crippen LogP contribution in [0.25, 0.3) is 22.5 Å². The SMILES string of the molecule is Cc1occc1-c1nc(N2CCCCCC2)ncc1-c1ccccn1. The van der Waals surface area contributed by atoms with Crippen molar-refractivity contribution < 1.29 is 4.42 Å². The Bertz CT molecular complexity index is 836. The topological polar surface area (TPSA) is 55.1 Å². The van der Waals surface area contributed by atoms with Crippen molar-refractivity contribution in [3.8, 4) is 22.5 Å². The summed E-state index contributed by atoms with van der Waals surface area (Å²) in [6, 6.07) is 7.86. The standard InChI is InChI=1S/C20H22N4O/c1-15-16(9-13-25-15)19-17(18-8-4-5-10-21-18)14-22-20(23-19)24-11-6-2-3-7-12-24/h4-5,8-10,13-14H,2-3,6-7,11-12H2,1H3. The number of rotatable bonds is 3. The van der Waals surface area contributed by atoms with Crippen molar-refractivity contribution in [3.63, 3.8) is 0 Å². The first-order chi connectivity index (χ1) is 12.3. The first-order valence-corrected chi connectivity index (χ1v) is 8.91. The van der Waals surface area contributed by atoms with E-state index in [0.717, 1.165) is 47.3 Å². The molecule has 128 valence electrons. The molecule has 3 aromatic heterocycles. The summed E-state index contributed by atoms with van der Waals surface area (Å²) in [5.74, 6) is 1.66. The van der Waals surface area contributed by atoms with E-state index in [9.17, 15) is 0 Å². The first kappa shape index (κ1) is 15.8. The summed E-state index contributed by atoms with van der Waals surface area (Å²) in [5, 5.41) is 0. The predicted molar refractivity (Wildman–Crippen MR) is 98.4 cm³/mol. The van der Waals surface area contributed by atoms with Gasteiger partial charge in [0.05, 0.1) is 17.7 Å². The van der Waals surface area contributed by atoms with Gasteiger partial charge >= 0.3 is 0 Å². The van der Waals surface area contributed by atoms with E-state index < -0.39 is 0 Å². The summed E-state index contributed by atoms with van der Waals surface area (Å²) in [5.41, 5.74) is 3.70. The van der Waals surface area contributed by atoms with Crippen LogP contribution in [0.4, 0.5) is 5.95 Å². The van der Waals surface area contributed by atoms with E-state index in [4.69, 9.17) is 9.40 Å². The number of furan rings is 1. The summed E-state index contributed by atoms with van der Waals surface area (Å²) in [6.45, 7) is 4.00. The minimum absolute atomic E-state index is 0.803. The average Bonchev–Trinajstić information content (AvgIpc) is 2.92. The molecule has 0 saturated carbocycles. The summed E-state index contributed by atoms with van der Waals surface area (Å²) in [7, 11) is 0. The van der Waals surface area contributed by atoms with E-state index in [2.05, 4.69) is 14.9 Å². The van der Waals surface area contributed by atoms with Crippen molar-refractivity contribution in [2.45, 2.75) is 32.6 Å². The van der Waals surface area contributed by atoms with Crippen LogP contribution in [0.3, 0.4) is 0 Å². The second kappa shape index (κ2) is 7.05. The Morgan fingerprint density at radius 2 is 1.80 bits per heavy atom.